The number of carbonyl (C=O) groups is 1. The Bertz CT molecular complexity index is 284. The second kappa shape index (κ2) is 21.6. The van der Waals surface area contributed by atoms with Crippen LogP contribution < -0.4 is 0 Å². The molecule has 6 nitrogen and oxygen atoms in total. The Morgan fingerprint density at radius 3 is 2.04 bits per heavy atom. The summed E-state index contributed by atoms with van der Waals surface area (Å²) in [5.41, 5.74) is 0. The van der Waals surface area contributed by atoms with E-state index in [0.29, 0.717) is 19.6 Å². The van der Waals surface area contributed by atoms with Crippen LogP contribution in [0.1, 0.15) is 62.3 Å². The van der Waals surface area contributed by atoms with Crippen molar-refractivity contribution in [3.8, 4) is 0 Å². The third kappa shape index (κ3) is 24.0. The van der Waals surface area contributed by atoms with E-state index in [9.17, 15) is 9.36 Å². The molecule has 0 aliphatic carbocycles. The van der Waals surface area contributed by atoms with Crippen LogP contribution in [0.4, 0.5) is 0 Å². The number of hydrogen-bond donors (Lipinski definition) is 0. The largest absolute Gasteiger partial charge is 0.463 e. The van der Waals surface area contributed by atoms with E-state index in [0.717, 1.165) is 19.3 Å². The first kappa shape index (κ1) is 34.0. The van der Waals surface area contributed by atoms with E-state index in [2.05, 4.69) is 0 Å². The topological polar surface area (TPSA) is 71.1 Å². The van der Waals surface area contributed by atoms with Gasteiger partial charge in [-0.15, -0.1) is 0 Å². The Morgan fingerprint density at radius 2 is 1.52 bits per heavy atom. The molecule has 23 heavy (non-hydrogen) atoms. The zero-order chi connectivity index (χ0) is 14.6. The highest BCUT2D eigenvalue weighted by Crippen LogP contribution is 2.43. The van der Waals surface area contributed by atoms with E-state index < -0.39 is 7.60 Å². The molecule has 7 heteroatoms. The predicted molar refractivity (Wildman–Crippen MR) is 99.3 cm³/mol. The number of unbranched alkanes of at least 4 members (excludes halogenated alkanes) is 2. The Balaban J connectivity index is -0.000000270. The molecule has 0 aliphatic heterocycles. The van der Waals surface area contributed by atoms with Crippen LogP contribution in [0, 0.1) is 0 Å². The predicted octanol–water partition coefficient (Wildman–Crippen LogP) is 5.16. The number of hydrogen-bond acceptors (Lipinski definition) is 6. The van der Waals surface area contributed by atoms with Crippen molar-refractivity contribution in [2.45, 2.75) is 62.3 Å². The highest BCUT2D eigenvalue weighted by Gasteiger charge is 2.15. The smallest absolute Gasteiger partial charge is 0.327 e. The lowest BCUT2D eigenvalue weighted by atomic mass is 10.2. The molecule has 0 fully saturated rings. The summed E-state index contributed by atoms with van der Waals surface area (Å²) >= 11 is 0. The van der Waals surface area contributed by atoms with E-state index in [1.54, 1.807) is 14.0 Å². The summed E-state index contributed by atoms with van der Waals surface area (Å²) < 4.78 is 31.3. The van der Waals surface area contributed by atoms with Gasteiger partial charge < -0.3 is 18.5 Å². The van der Waals surface area contributed by atoms with Gasteiger partial charge in [-0.1, -0.05) is 36.1 Å². The SMILES string of the molecule is C.C.C.C.CCOP(C)(=O)OCCOC(=O)CCCCCOC. The van der Waals surface area contributed by atoms with Gasteiger partial charge in [0.2, 0.25) is 0 Å². The molecule has 0 saturated heterocycles. The van der Waals surface area contributed by atoms with Gasteiger partial charge in [-0.25, -0.2) is 0 Å². The molecule has 0 saturated carbocycles. The summed E-state index contributed by atoms with van der Waals surface area (Å²) in [4.78, 5) is 11.3. The second-order valence-corrected chi connectivity index (χ2v) is 6.11. The molecule has 0 bridgehead atoms. The fourth-order valence-electron chi connectivity index (χ4n) is 1.40. The van der Waals surface area contributed by atoms with Gasteiger partial charge in [0, 0.05) is 26.8 Å². The zero-order valence-electron chi connectivity index (χ0n) is 12.1. The Kier molecular flexibility index (Phi) is 31.9. The van der Waals surface area contributed by atoms with E-state index in [1.165, 1.54) is 6.66 Å². The molecule has 0 aliphatic rings. The van der Waals surface area contributed by atoms with Crippen molar-refractivity contribution in [3.05, 3.63) is 0 Å². The number of ether oxygens (including phenoxy) is 2. The third-order valence-corrected chi connectivity index (χ3v) is 3.64. The highest BCUT2D eigenvalue weighted by atomic mass is 31.2. The molecule has 0 aromatic heterocycles. The zero-order valence-corrected chi connectivity index (χ0v) is 12.9. The minimum atomic E-state index is -2.99. The van der Waals surface area contributed by atoms with E-state index in [1.807, 2.05) is 0 Å². The number of methoxy groups -OCH3 is 1. The van der Waals surface area contributed by atoms with Crippen LogP contribution in [-0.2, 0) is 27.9 Å². The molecule has 0 N–H and O–H groups in total. The number of esters is 1. The van der Waals surface area contributed by atoms with Gasteiger partial charge in [-0.05, 0) is 19.8 Å². The van der Waals surface area contributed by atoms with E-state index >= 15 is 0 Å². The highest BCUT2D eigenvalue weighted by molar-refractivity contribution is 7.52. The molecule has 1 unspecified atom stereocenters. The van der Waals surface area contributed by atoms with Gasteiger partial charge in [-0.2, -0.15) is 0 Å². The maximum absolute atomic E-state index is 11.5. The molecule has 0 amide bonds. The Labute approximate surface area is 144 Å². The lowest BCUT2D eigenvalue weighted by Crippen LogP contribution is -2.10. The quantitative estimate of drug-likeness (QED) is 0.272. The molecule has 146 valence electrons. The Morgan fingerprint density at radius 1 is 0.913 bits per heavy atom. The van der Waals surface area contributed by atoms with Crippen molar-refractivity contribution in [3.63, 3.8) is 0 Å². The average molecular weight is 360 g/mol. The second-order valence-electron chi connectivity index (χ2n) is 4.05. The summed E-state index contributed by atoms with van der Waals surface area (Å²) in [6.07, 6.45) is 3.06. The maximum atomic E-state index is 11.5. The third-order valence-electron chi connectivity index (χ3n) is 2.27. The van der Waals surface area contributed by atoms with E-state index in [-0.39, 0.29) is 48.9 Å². The van der Waals surface area contributed by atoms with E-state index in [4.69, 9.17) is 18.5 Å². The average Bonchev–Trinajstić information content (AvgIpc) is 2.34. The fourth-order valence-corrected chi connectivity index (χ4v) is 2.34. The van der Waals surface area contributed by atoms with Crippen molar-refractivity contribution in [2.75, 3.05) is 40.2 Å². The van der Waals surface area contributed by atoms with Gasteiger partial charge in [-0.3, -0.25) is 9.36 Å². The monoisotopic (exact) mass is 360 g/mol. The van der Waals surface area contributed by atoms with Crippen LogP contribution >= 0.6 is 7.60 Å². The first-order valence-corrected chi connectivity index (χ1v) is 8.52. The van der Waals surface area contributed by atoms with Crippen molar-refractivity contribution < 1.29 is 27.9 Å². The van der Waals surface area contributed by atoms with Crippen molar-refractivity contribution in [1.82, 2.24) is 0 Å². The molecule has 1 atom stereocenters. The summed E-state index contributed by atoms with van der Waals surface area (Å²) in [5.74, 6) is -0.261. The molecular formula is C16H41O6P. The van der Waals surface area contributed by atoms with Crippen molar-refractivity contribution >= 4 is 13.6 Å². The van der Waals surface area contributed by atoms with Crippen LogP contribution in [0.2, 0.25) is 0 Å². The molecule has 0 rings (SSSR count). The molecule has 0 aromatic carbocycles. The van der Waals surface area contributed by atoms with Crippen molar-refractivity contribution in [1.29, 1.82) is 0 Å². The van der Waals surface area contributed by atoms with Crippen LogP contribution in [0.3, 0.4) is 0 Å². The molecular weight excluding hydrogens is 319 g/mol. The minimum Gasteiger partial charge on any atom is -0.463 e. The fraction of sp³-hybridized carbons (Fsp3) is 0.938. The number of carbonyl (C=O) groups excluding carboxylic acids is 1. The van der Waals surface area contributed by atoms with Gasteiger partial charge in [0.05, 0.1) is 13.2 Å². The molecule has 0 heterocycles. The van der Waals surface area contributed by atoms with Gasteiger partial charge in [0.1, 0.15) is 6.61 Å². The molecule has 0 aromatic rings. The number of rotatable bonds is 12. The Hall–Kier alpha value is -0.420. The minimum absolute atomic E-state index is 0. The first-order chi connectivity index (χ1) is 9.02. The first-order valence-electron chi connectivity index (χ1n) is 6.53. The van der Waals surface area contributed by atoms with Crippen LogP contribution in [0.5, 0.6) is 0 Å². The van der Waals surface area contributed by atoms with Gasteiger partial charge in [0.15, 0.2) is 0 Å². The van der Waals surface area contributed by atoms with Crippen LogP contribution in [0.15, 0.2) is 0 Å². The normalized spacial score (nSPS) is 11.6. The maximum Gasteiger partial charge on any atom is 0.327 e. The lowest BCUT2D eigenvalue weighted by molar-refractivity contribution is -0.144. The summed E-state index contributed by atoms with van der Waals surface area (Å²) in [7, 11) is -1.34. The molecule has 0 spiro atoms. The lowest BCUT2D eigenvalue weighted by Gasteiger charge is -2.12. The summed E-state index contributed by atoms with van der Waals surface area (Å²) in [5, 5.41) is 0. The summed E-state index contributed by atoms with van der Waals surface area (Å²) in [6, 6.07) is 0. The van der Waals surface area contributed by atoms with Gasteiger partial charge >= 0.3 is 13.6 Å². The van der Waals surface area contributed by atoms with Crippen LogP contribution in [0.25, 0.3) is 0 Å². The van der Waals surface area contributed by atoms with Crippen LogP contribution in [-0.4, -0.2) is 46.2 Å². The standard InChI is InChI=1S/C12H25O6P.4CH4/c1-4-17-19(3,14)18-11-10-16-12(13)8-6-5-7-9-15-2;;;;/h4-11H2,1-3H3;4*1H4. The summed E-state index contributed by atoms with van der Waals surface area (Å²) in [6.45, 7) is 4.36. The molecule has 0 radical (unpaired) electrons. The van der Waals surface area contributed by atoms with Gasteiger partial charge in [0.25, 0.3) is 0 Å². The van der Waals surface area contributed by atoms with Crippen molar-refractivity contribution in [2.24, 2.45) is 0 Å².